The van der Waals surface area contributed by atoms with Crippen molar-refractivity contribution in [3.8, 4) is 11.5 Å². The third kappa shape index (κ3) is 4.57. The minimum absolute atomic E-state index is 0.0201. The molecule has 2 aromatic carbocycles. The van der Waals surface area contributed by atoms with E-state index in [1.807, 2.05) is 18.2 Å². The van der Waals surface area contributed by atoms with Gasteiger partial charge < -0.3 is 24.7 Å². The number of hydrogen-bond donors (Lipinski definition) is 2. The molecule has 0 spiro atoms. The maximum Gasteiger partial charge on any atom is 0.198 e. The van der Waals surface area contributed by atoms with Gasteiger partial charge in [0.1, 0.15) is 13.2 Å². The number of carbonyl (C=O) groups excluding carboxylic acids is 2. The van der Waals surface area contributed by atoms with Crippen LogP contribution >= 0.6 is 0 Å². The molecule has 3 aromatic rings. The molecule has 37 heavy (non-hydrogen) atoms. The van der Waals surface area contributed by atoms with E-state index in [1.54, 1.807) is 12.3 Å². The number of aryl methyl sites for hydroxylation is 1. The molecule has 1 saturated heterocycles. The zero-order valence-electron chi connectivity index (χ0n) is 21.0. The van der Waals surface area contributed by atoms with Gasteiger partial charge in [0.15, 0.2) is 23.1 Å². The summed E-state index contributed by atoms with van der Waals surface area (Å²) in [7, 11) is 0. The highest BCUT2D eigenvalue weighted by Gasteiger charge is 2.38. The number of ketones is 2. The van der Waals surface area contributed by atoms with Crippen LogP contribution in [0.4, 0.5) is 11.4 Å². The van der Waals surface area contributed by atoms with Crippen molar-refractivity contribution in [3.05, 3.63) is 71.5 Å². The van der Waals surface area contributed by atoms with Gasteiger partial charge in [0, 0.05) is 49.7 Å². The average molecular weight is 501 g/mol. The van der Waals surface area contributed by atoms with Crippen molar-refractivity contribution in [2.24, 2.45) is 0 Å². The number of para-hydroxylation sites is 2. The number of fused-ring (bicyclic) bond motifs is 2. The lowest BCUT2D eigenvalue weighted by atomic mass is 9.89. The van der Waals surface area contributed by atoms with E-state index in [4.69, 9.17) is 9.47 Å². The number of nitrogens with one attached hydrogen (secondary N) is 2. The van der Waals surface area contributed by atoms with Crippen molar-refractivity contribution >= 4 is 22.9 Å². The molecule has 3 aliphatic rings. The van der Waals surface area contributed by atoms with E-state index in [2.05, 4.69) is 44.4 Å². The Labute approximate surface area is 216 Å². The standard InChI is InChI=1S/C29H32N4O4/c1-19(34)21-17-24(30-18-21)28(35)27(23-10-9-20-5-2-3-6-22(20)31-23)33-13-11-32(12-14-33)25-7-4-8-26-29(25)37-16-15-36-26/h2-8,17-18,23,27,30-31H,9-16H2,1H3. The number of piperazine rings is 1. The second-order valence-corrected chi connectivity index (χ2v) is 9.94. The molecule has 192 valence electrons. The summed E-state index contributed by atoms with van der Waals surface area (Å²) in [6.07, 6.45) is 3.43. The highest BCUT2D eigenvalue weighted by Crippen LogP contribution is 2.40. The lowest BCUT2D eigenvalue weighted by Gasteiger charge is -2.44. The molecule has 0 aliphatic carbocycles. The van der Waals surface area contributed by atoms with Gasteiger partial charge in [-0.05, 0) is 49.6 Å². The highest BCUT2D eigenvalue weighted by molar-refractivity contribution is 6.02. The fourth-order valence-electron chi connectivity index (χ4n) is 5.75. The first kappa shape index (κ1) is 23.6. The fraction of sp³-hybridized carbons (Fsp3) is 0.379. The third-order valence-corrected chi connectivity index (χ3v) is 7.68. The maximum absolute atomic E-state index is 14.0. The Balaban J connectivity index is 1.25. The van der Waals surface area contributed by atoms with Gasteiger partial charge in [-0.2, -0.15) is 0 Å². The summed E-state index contributed by atoms with van der Waals surface area (Å²) in [6, 6.07) is 15.7. The van der Waals surface area contributed by atoms with E-state index in [0.717, 1.165) is 61.9 Å². The zero-order valence-corrected chi connectivity index (χ0v) is 21.0. The number of anilines is 2. The molecule has 0 radical (unpaired) electrons. The topological polar surface area (TPSA) is 86.9 Å². The number of aromatic amines is 1. The van der Waals surface area contributed by atoms with E-state index in [0.29, 0.717) is 24.5 Å². The summed E-state index contributed by atoms with van der Waals surface area (Å²) >= 11 is 0. The minimum Gasteiger partial charge on any atom is -0.486 e. The summed E-state index contributed by atoms with van der Waals surface area (Å²) in [5, 5.41) is 3.66. The first-order valence-electron chi connectivity index (χ1n) is 13.0. The molecule has 2 N–H and O–H groups in total. The number of benzene rings is 2. The van der Waals surface area contributed by atoms with E-state index >= 15 is 0 Å². The van der Waals surface area contributed by atoms with Crippen molar-refractivity contribution < 1.29 is 19.1 Å². The molecule has 4 heterocycles. The van der Waals surface area contributed by atoms with Gasteiger partial charge in [-0.25, -0.2) is 0 Å². The van der Waals surface area contributed by atoms with Gasteiger partial charge in [-0.1, -0.05) is 24.3 Å². The molecule has 0 bridgehead atoms. The average Bonchev–Trinajstić information content (AvgIpc) is 3.44. The van der Waals surface area contributed by atoms with Crippen molar-refractivity contribution in [2.75, 3.05) is 49.6 Å². The number of hydrogen-bond acceptors (Lipinski definition) is 7. The second-order valence-electron chi connectivity index (χ2n) is 9.94. The summed E-state index contributed by atoms with van der Waals surface area (Å²) in [5.41, 5.74) is 4.44. The van der Waals surface area contributed by atoms with E-state index in [1.165, 1.54) is 12.5 Å². The smallest absolute Gasteiger partial charge is 0.198 e. The normalized spacial score (nSPS) is 20.0. The molecule has 8 heteroatoms. The predicted octanol–water partition coefficient (Wildman–Crippen LogP) is 3.79. The van der Waals surface area contributed by atoms with Crippen molar-refractivity contribution in [3.63, 3.8) is 0 Å². The number of nitrogens with zero attached hydrogens (tertiary/aromatic N) is 2. The van der Waals surface area contributed by atoms with Gasteiger partial charge in [-0.15, -0.1) is 0 Å². The Morgan fingerprint density at radius 2 is 1.81 bits per heavy atom. The number of aromatic nitrogens is 1. The van der Waals surface area contributed by atoms with E-state index in [9.17, 15) is 9.59 Å². The van der Waals surface area contributed by atoms with Crippen LogP contribution in [0.5, 0.6) is 11.5 Å². The van der Waals surface area contributed by atoms with Crippen LogP contribution < -0.4 is 19.7 Å². The molecular formula is C29H32N4O4. The quantitative estimate of drug-likeness (QED) is 0.498. The molecule has 1 aromatic heterocycles. The maximum atomic E-state index is 14.0. The lowest BCUT2D eigenvalue weighted by Crippen LogP contribution is -2.58. The third-order valence-electron chi connectivity index (χ3n) is 7.68. The Bertz CT molecular complexity index is 1310. The predicted molar refractivity (Wildman–Crippen MR) is 142 cm³/mol. The molecule has 1 fully saturated rings. The highest BCUT2D eigenvalue weighted by atomic mass is 16.6. The summed E-state index contributed by atoms with van der Waals surface area (Å²) in [6.45, 7) is 5.66. The van der Waals surface area contributed by atoms with Gasteiger partial charge in [0.05, 0.1) is 17.4 Å². The Morgan fingerprint density at radius 3 is 2.62 bits per heavy atom. The molecule has 6 rings (SSSR count). The number of H-pyrrole nitrogens is 1. The number of ether oxygens (including phenoxy) is 2. The second kappa shape index (κ2) is 9.94. The Kier molecular flexibility index (Phi) is 6.34. The Morgan fingerprint density at radius 1 is 1.00 bits per heavy atom. The molecule has 0 amide bonds. The largest absolute Gasteiger partial charge is 0.486 e. The van der Waals surface area contributed by atoms with Gasteiger partial charge >= 0.3 is 0 Å². The molecule has 0 saturated carbocycles. The first-order chi connectivity index (χ1) is 18.1. The number of rotatable bonds is 6. The molecule has 8 nitrogen and oxygen atoms in total. The van der Waals surface area contributed by atoms with Crippen LogP contribution in [0.25, 0.3) is 0 Å². The van der Waals surface area contributed by atoms with Crippen LogP contribution in [0.1, 0.15) is 39.8 Å². The van der Waals surface area contributed by atoms with Crippen LogP contribution in [0.15, 0.2) is 54.7 Å². The van der Waals surface area contributed by atoms with E-state index < -0.39 is 0 Å². The van der Waals surface area contributed by atoms with Crippen LogP contribution in [0, 0.1) is 0 Å². The van der Waals surface area contributed by atoms with Gasteiger partial charge in [0.2, 0.25) is 0 Å². The molecule has 2 atom stereocenters. The van der Waals surface area contributed by atoms with Crippen molar-refractivity contribution in [1.29, 1.82) is 0 Å². The van der Waals surface area contributed by atoms with Gasteiger partial charge in [-0.3, -0.25) is 14.5 Å². The minimum atomic E-state index is -0.349. The zero-order chi connectivity index (χ0) is 25.4. The van der Waals surface area contributed by atoms with Crippen LogP contribution in [-0.4, -0.2) is 72.9 Å². The van der Waals surface area contributed by atoms with E-state index in [-0.39, 0.29) is 23.7 Å². The number of Topliss-reactive ketones (excluding diaryl/α,β-unsaturated/α-hetero) is 2. The molecule has 3 aliphatic heterocycles. The first-order valence-corrected chi connectivity index (χ1v) is 13.0. The van der Waals surface area contributed by atoms with Crippen LogP contribution in [-0.2, 0) is 6.42 Å². The lowest BCUT2D eigenvalue weighted by molar-refractivity contribution is 0.0766. The summed E-state index contributed by atoms with van der Waals surface area (Å²) in [4.78, 5) is 33.5. The fourth-order valence-corrected chi connectivity index (χ4v) is 5.75. The van der Waals surface area contributed by atoms with Crippen LogP contribution in [0.3, 0.4) is 0 Å². The van der Waals surface area contributed by atoms with Crippen LogP contribution in [0.2, 0.25) is 0 Å². The monoisotopic (exact) mass is 500 g/mol. The Hall–Kier alpha value is -3.78. The molecule has 2 unspecified atom stereocenters. The molecular weight excluding hydrogens is 468 g/mol. The SMILES string of the molecule is CC(=O)c1c[nH]c(C(=O)C(C2CCc3ccccc3N2)N2CCN(c3cccc4c3OCCO4)CC2)c1. The van der Waals surface area contributed by atoms with Crippen molar-refractivity contribution in [1.82, 2.24) is 9.88 Å². The number of carbonyl (C=O) groups is 2. The summed E-state index contributed by atoms with van der Waals surface area (Å²) in [5.74, 6) is 1.56. The summed E-state index contributed by atoms with van der Waals surface area (Å²) < 4.78 is 11.7. The van der Waals surface area contributed by atoms with Crippen molar-refractivity contribution in [2.45, 2.75) is 31.8 Å². The van der Waals surface area contributed by atoms with Gasteiger partial charge in [0.25, 0.3) is 0 Å².